The van der Waals surface area contributed by atoms with E-state index < -0.39 is 0 Å². The summed E-state index contributed by atoms with van der Waals surface area (Å²) >= 11 is 0. The minimum absolute atomic E-state index is 0.0209. The third kappa shape index (κ3) is 4.54. The third-order valence-corrected chi connectivity index (χ3v) is 3.95. The molecule has 3 heteroatoms. The van der Waals surface area contributed by atoms with Crippen molar-refractivity contribution < 1.29 is 9.53 Å². The Morgan fingerprint density at radius 1 is 1.17 bits per heavy atom. The third-order valence-electron chi connectivity index (χ3n) is 3.95. The Balaban J connectivity index is 1.71. The molecule has 2 aromatic carbocycles. The van der Waals surface area contributed by atoms with Crippen LogP contribution in [0.5, 0.6) is 0 Å². The maximum absolute atomic E-state index is 12.6. The van der Waals surface area contributed by atoms with Crippen LogP contribution in [-0.2, 0) is 16.1 Å². The maximum Gasteiger partial charge on any atom is 0.246 e. The largest absolute Gasteiger partial charge is 0.371 e. The minimum atomic E-state index is 0.0209. The molecular formula is C20H21NO2. The van der Waals surface area contributed by atoms with Crippen LogP contribution < -0.4 is 0 Å². The molecule has 0 radical (unpaired) electrons. The van der Waals surface area contributed by atoms with Gasteiger partial charge in [0.2, 0.25) is 5.91 Å². The van der Waals surface area contributed by atoms with Gasteiger partial charge in [0, 0.05) is 19.2 Å². The SMILES string of the molecule is Cc1ccccc1C=CC(=O)N(Cc1ccccc1)CC1CO1. The van der Waals surface area contributed by atoms with E-state index in [9.17, 15) is 4.79 Å². The van der Waals surface area contributed by atoms with Gasteiger partial charge in [-0.15, -0.1) is 0 Å². The smallest absolute Gasteiger partial charge is 0.246 e. The molecule has 3 nitrogen and oxygen atoms in total. The molecule has 1 amide bonds. The highest BCUT2D eigenvalue weighted by molar-refractivity contribution is 5.92. The monoisotopic (exact) mass is 307 g/mol. The number of nitrogens with zero attached hydrogens (tertiary/aromatic N) is 1. The van der Waals surface area contributed by atoms with Gasteiger partial charge in [-0.2, -0.15) is 0 Å². The fourth-order valence-corrected chi connectivity index (χ4v) is 2.50. The lowest BCUT2D eigenvalue weighted by Crippen LogP contribution is -2.32. The summed E-state index contributed by atoms with van der Waals surface area (Å²) in [6.45, 7) is 4.05. The highest BCUT2D eigenvalue weighted by Gasteiger charge is 2.27. The summed E-state index contributed by atoms with van der Waals surface area (Å²) < 4.78 is 5.29. The molecular weight excluding hydrogens is 286 g/mol. The van der Waals surface area contributed by atoms with Crippen LogP contribution in [0.3, 0.4) is 0 Å². The van der Waals surface area contributed by atoms with Gasteiger partial charge >= 0.3 is 0 Å². The lowest BCUT2D eigenvalue weighted by molar-refractivity contribution is -0.126. The van der Waals surface area contributed by atoms with E-state index in [0.29, 0.717) is 13.1 Å². The van der Waals surface area contributed by atoms with E-state index in [1.807, 2.05) is 72.5 Å². The van der Waals surface area contributed by atoms with E-state index >= 15 is 0 Å². The van der Waals surface area contributed by atoms with Crippen molar-refractivity contribution in [3.63, 3.8) is 0 Å². The molecule has 1 atom stereocenters. The number of hydrogen-bond donors (Lipinski definition) is 0. The Labute approximate surface area is 137 Å². The van der Waals surface area contributed by atoms with Crippen LogP contribution >= 0.6 is 0 Å². The quantitative estimate of drug-likeness (QED) is 0.605. The van der Waals surface area contributed by atoms with Crippen LogP contribution in [0.15, 0.2) is 60.7 Å². The van der Waals surface area contributed by atoms with Gasteiger partial charge in [-0.1, -0.05) is 54.6 Å². The van der Waals surface area contributed by atoms with E-state index in [4.69, 9.17) is 4.74 Å². The molecule has 23 heavy (non-hydrogen) atoms. The van der Waals surface area contributed by atoms with E-state index in [2.05, 4.69) is 0 Å². The van der Waals surface area contributed by atoms with E-state index in [0.717, 1.165) is 23.3 Å². The summed E-state index contributed by atoms with van der Waals surface area (Å²) in [6, 6.07) is 18.1. The highest BCUT2D eigenvalue weighted by Crippen LogP contribution is 2.15. The summed E-state index contributed by atoms with van der Waals surface area (Å²) in [5, 5.41) is 0. The molecule has 0 aromatic heterocycles. The molecule has 1 unspecified atom stereocenters. The summed E-state index contributed by atoms with van der Waals surface area (Å²) in [5.74, 6) is 0.0209. The van der Waals surface area contributed by atoms with E-state index in [1.165, 1.54) is 0 Å². The predicted octanol–water partition coefficient (Wildman–Crippen LogP) is 3.44. The molecule has 1 aliphatic heterocycles. The van der Waals surface area contributed by atoms with Crippen molar-refractivity contribution in [3.05, 3.63) is 77.4 Å². The van der Waals surface area contributed by atoms with Crippen molar-refractivity contribution in [3.8, 4) is 0 Å². The molecule has 0 spiro atoms. The van der Waals surface area contributed by atoms with Crippen LogP contribution in [0.4, 0.5) is 0 Å². The molecule has 118 valence electrons. The van der Waals surface area contributed by atoms with Crippen LogP contribution in [0, 0.1) is 6.92 Å². The molecule has 1 aliphatic rings. The number of carbonyl (C=O) groups is 1. The Bertz CT molecular complexity index is 690. The van der Waals surface area contributed by atoms with Gasteiger partial charge in [0.1, 0.15) is 0 Å². The van der Waals surface area contributed by atoms with Crippen molar-refractivity contribution in [2.45, 2.75) is 19.6 Å². The molecule has 2 aromatic rings. The number of rotatable bonds is 6. The maximum atomic E-state index is 12.6. The first-order chi connectivity index (χ1) is 11.2. The summed E-state index contributed by atoms with van der Waals surface area (Å²) in [5.41, 5.74) is 3.37. The first kappa shape index (κ1) is 15.5. The molecule has 1 saturated heterocycles. The normalized spacial score (nSPS) is 16.5. The molecule has 1 heterocycles. The van der Waals surface area contributed by atoms with Crippen LogP contribution in [0.2, 0.25) is 0 Å². The molecule has 3 rings (SSSR count). The fraction of sp³-hybridized carbons (Fsp3) is 0.250. The summed E-state index contributed by atoms with van der Waals surface area (Å²) in [7, 11) is 0. The van der Waals surface area contributed by atoms with Crippen molar-refractivity contribution in [2.75, 3.05) is 13.2 Å². The number of benzene rings is 2. The zero-order valence-corrected chi connectivity index (χ0v) is 13.3. The zero-order chi connectivity index (χ0) is 16.1. The van der Waals surface area contributed by atoms with Crippen LogP contribution in [0.25, 0.3) is 6.08 Å². The van der Waals surface area contributed by atoms with Gasteiger partial charge in [0.05, 0.1) is 12.7 Å². The predicted molar refractivity (Wildman–Crippen MR) is 91.8 cm³/mol. The minimum Gasteiger partial charge on any atom is -0.371 e. The van der Waals surface area contributed by atoms with Crippen molar-refractivity contribution >= 4 is 12.0 Å². The number of hydrogen-bond acceptors (Lipinski definition) is 2. The first-order valence-corrected chi connectivity index (χ1v) is 7.90. The molecule has 0 N–H and O–H groups in total. The Morgan fingerprint density at radius 2 is 1.87 bits per heavy atom. The first-order valence-electron chi connectivity index (χ1n) is 7.90. The van der Waals surface area contributed by atoms with Gasteiger partial charge in [-0.3, -0.25) is 4.79 Å². The summed E-state index contributed by atoms with van der Waals surface area (Å²) in [6.07, 6.45) is 3.74. The number of carbonyl (C=O) groups excluding carboxylic acids is 1. The second-order valence-electron chi connectivity index (χ2n) is 5.85. The van der Waals surface area contributed by atoms with Gasteiger partial charge in [0.25, 0.3) is 0 Å². The summed E-state index contributed by atoms with van der Waals surface area (Å²) in [4.78, 5) is 14.4. The standard InChI is InChI=1S/C20H21NO2/c1-16-7-5-6-10-18(16)11-12-20(22)21(14-19-15-23-19)13-17-8-3-2-4-9-17/h2-12,19H,13-15H2,1H3. The average Bonchev–Trinajstić information content (AvgIpc) is 3.38. The van der Waals surface area contributed by atoms with Crippen LogP contribution in [-0.4, -0.2) is 30.1 Å². The van der Waals surface area contributed by atoms with Gasteiger partial charge < -0.3 is 9.64 Å². The fourth-order valence-electron chi connectivity index (χ4n) is 2.50. The van der Waals surface area contributed by atoms with Crippen molar-refractivity contribution in [1.82, 2.24) is 4.90 Å². The van der Waals surface area contributed by atoms with E-state index in [-0.39, 0.29) is 12.0 Å². The van der Waals surface area contributed by atoms with E-state index in [1.54, 1.807) is 6.08 Å². The lowest BCUT2D eigenvalue weighted by Gasteiger charge is -2.20. The molecule has 0 aliphatic carbocycles. The number of aryl methyl sites for hydroxylation is 1. The van der Waals surface area contributed by atoms with Crippen molar-refractivity contribution in [2.24, 2.45) is 0 Å². The molecule has 0 bridgehead atoms. The zero-order valence-electron chi connectivity index (χ0n) is 13.3. The Hall–Kier alpha value is -2.39. The second-order valence-corrected chi connectivity index (χ2v) is 5.85. The van der Waals surface area contributed by atoms with Gasteiger partial charge in [-0.05, 0) is 29.7 Å². The van der Waals surface area contributed by atoms with Gasteiger partial charge in [-0.25, -0.2) is 0 Å². The van der Waals surface area contributed by atoms with Crippen molar-refractivity contribution in [1.29, 1.82) is 0 Å². The highest BCUT2D eigenvalue weighted by atomic mass is 16.6. The molecule has 1 fully saturated rings. The Morgan fingerprint density at radius 3 is 2.57 bits per heavy atom. The molecule has 0 saturated carbocycles. The lowest BCUT2D eigenvalue weighted by atomic mass is 10.1. The Kier molecular flexibility index (Phi) is 4.89. The second kappa shape index (κ2) is 7.25. The number of ether oxygens (including phenoxy) is 1. The van der Waals surface area contributed by atoms with Gasteiger partial charge in [0.15, 0.2) is 0 Å². The number of epoxide rings is 1. The van der Waals surface area contributed by atoms with Crippen LogP contribution in [0.1, 0.15) is 16.7 Å². The number of amides is 1. The average molecular weight is 307 g/mol. The topological polar surface area (TPSA) is 32.8 Å².